The minimum atomic E-state index is 0.00812. The highest BCUT2D eigenvalue weighted by molar-refractivity contribution is 5.53. The number of rotatable bonds is 16. The van der Waals surface area contributed by atoms with Crippen molar-refractivity contribution in [2.24, 2.45) is 0 Å². The van der Waals surface area contributed by atoms with Crippen LogP contribution in [0.4, 0.5) is 23.5 Å². The second-order valence-electron chi connectivity index (χ2n) is 15.3. The molecule has 0 atom stereocenters. The van der Waals surface area contributed by atoms with Gasteiger partial charge in [-0.3, -0.25) is 0 Å². The maximum Gasteiger partial charge on any atom is 0.225 e. The van der Waals surface area contributed by atoms with E-state index in [0.29, 0.717) is 38.1 Å². The Morgan fingerprint density at radius 3 is 0.900 bits per heavy atom. The van der Waals surface area contributed by atoms with Gasteiger partial charge in [-0.1, -0.05) is 182 Å². The van der Waals surface area contributed by atoms with Crippen molar-refractivity contribution in [3.05, 3.63) is 239 Å². The lowest BCUT2D eigenvalue weighted by molar-refractivity contribution is 0.220. The summed E-state index contributed by atoms with van der Waals surface area (Å²) in [5.41, 5.74) is 9.14. The van der Waals surface area contributed by atoms with E-state index in [9.17, 15) is 0 Å². The number of benzene rings is 6. The van der Waals surface area contributed by atoms with Crippen LogP contribution < -0.4 is 21.3 Å². The summed E-state index contributed by atoms with van der Waals surface area (Å²) in [7, 11) is 0. The molecule has 0 bridgehead atoms. The normalized spacial score (nSPS) is 16.9. The van der Waals surface area contributed by atoms with Crippen LogP contribution in [-0.2, 0) is 26.2 Å². The number of hydrogen-bond acceptors (Lipinski definition) is 8. The van der Waals surface area contributed by atoms with Crippen molar-refractivity contribution < 1.29 is 0 Å². The summed E-state index contributed by atoms with van der Waals surface area (Å²) in [6.07, 6.45) is 0. The highest BCUT2D eigenvalue weighted by Gasteiger charge is 2.54. The summed E-state index contributed by atoms with van der Waals surface area (Å²) < 4.78 is 0. The molecule has 2 heterocycles. The summed E-state index contributed by atoms with van der Waals surface area (Å²) in [5.74, 6) is 2.86. The predicted octanol–water partition coefficient (Wildman–Crippen LogP) is 11.2. The van der Waals surface area contributed by atoms with Crippen LogP contribution in [0.5, 0.6) is 0 Å². The van der Waals surface area contributed by atoms with E-state index in [1.807, 2.05) is 24.3 Å². The van der Waals surface area contributed by atoms with E-state index in [2.05, 4.69) is 191 Å². The lowest BCUT2D eigenvalue weighted by Gasteiger charge is -2.52. The number of hydrogen-bond donors (Lipinski definition) is 4. The molecule has 1 saturated carbocycles. The van der Waals surface area contributed by atoms with Crippen LogP contribution in [0.3, 0.4) is 0 Å². The van der Waals surface area contributed by atoms with Crippen LogP contribution in [0.2, 0.25) is 0 Å². The van der Waals surface area contributed by atoms with Crippen molar-refractivity contribution in [3.8, 4) is 0 Å². The van der Waals surface area contributed by atoms with Crippen molar-refractivity contribution in [2.45, 2.75) is 49.9 Å². The summed E-state index contributed by atoms with van der Waals surface area (Å²) in [6, 6.07) is 67.7. The van der Waals surface area contributed by atoms with Gasteiger partial charge >= 0.3 is 0 Å². The number of nitrogens with one attached hydrogen (secondary N) is 4. The van der Waals surface area contributed by atoms with Crippen molar-refractivity contribution in [1.82, 2.24) is 19.9 Å². The molecule has 6 aromatic carbocycles. The zero-order valence-electron chi connectivity index (χ0n) is 33.4. The van der Waals surface area contributed by atoms with Gasteiger partial charge in [0.25, 0.3) is 0 Å². The average molecular weight is 785 g/mol. The van der Waals surface area contributed by atoms with E-state index in [-0.39, 0.29) is 23.7 Å². The second-order valence-corrected chi connectivity index (χ2v) is 15.3. The highest BCUT2D eigenvalue weighted by atomic mass is 15.2. The van der Waals surface area contributed by atoms with Gasteiger partial charge in [0, 0.05) is 62.0 Å². The largest absolute Gasteiger partial charge is 0.366 e. The summed E-state index contributed by atoms with van der Waals surface area (Å²) in [4.78, 5) is 20.7. The number of aromatic nitrogens is 4. The van der Waals surface area contributed by atoms with E-state index in [4.69, 9.17) is 19.9 Å². The van der Waals surface area contributed by atoms with Gasteiger partial charge < -0.3 is 21.3 Å². The first-order valence-corrected chi connectivity index (χ1v) is 20.7. The molecule has 0 spiro atoms. The molecule has 1 aliphatic rings. The first-order chi connectivity index (χ1) is 29.7. The van der Waals surface area contributed by atoms with Crippen molar-refractivity contribution >= 4 is 23.5 Å². The zero-order valence-corrected chi connectivity index (χ0v) is 33.4. The fourth-order valence-corrected chi connectivity index (χ4v) is 8.41. The van der Waals surface area contributed by atoms with Crippen molar-refractivity contribution in [2.75, 3.05) is 21.3 Å². The quantitative estimate of drug-likeness (QED) is 0.0769. The summed E-state index contributed by atoms with van der Waals surface area (Å²) >= 11 is 0. The summed E-state index contributed by atoms with van der Waals surface area (Å²) in [5, 5.41) is 14.4. The lowest BCUT2D eigenvalue weighted by atomic mass is 9.50. The lowest BCUT2D eigenvalue weighted by Crippen LogP contribution is -2.41. The molecule has 4 N–H and O–H groups in total. The Kier molecular flexibility index (Phi) is 11.8. The molecular weight excluding hydrogens is 737 g/mol. The van der Waals surface area contributed by atoms with E-state index in [1.165, 1.54) is 22.3 Å². The molecule has 0 amide bonds. The Morgan fingerprint density at radius 2 is 0.583 bits per heavy atom. The maximum absolute atomic E-state index is 5.35. The first kappa shape index (κ1) is 38.2. The SMILES string of the molecule is c1ccc(CNc2cc(C3C(c4ccccc4)C(c4cc(NCc5ccccc5)nc(NCc5ccccc5)n4)C3c3ccccc3)nc(NCc3ccccc3)n2)cc1. The Bertz CT molecular complexity index is 2250. The van der Waals surface area contributed by atoms with Gasteiger partial charge in [-0.25, -0.2) is 9.97 Å². The molecule has 0 unspecified atom stereocenters. The molecule has 1 fully saturated rings. The van der Waals surface area contributed by atoms with Crippen molar-refractivity contribution in [1.29, 1.82) is 0 Å². The fourth-order valence-electron chi connectivity index (χ4n) is 8.41. The van der Waals surface area contributed by atoms with Gasteiger partial charge in [-0.15, -0.1) is 0 Å². The van der Waals surface area contributed by atoms with E-state index in [0.717, 1.165) is 34.2 Å². The molecule has 0 radical (unpaired) electrons. The fraction of sp³-hybridized carbons (Fsp3) is 0.154. The average Bonchev–Trinajstić information content (AvgIpc) is 3.30. The number of anilines is 4. The molecule has 8 nitrogen and oxygen atoms in total. The molecular formula is C52H48N8. The molecule has 1 aliphatic carbocycles. The molecule has 9 rings (SSSR count). The van der Waals surface area contributed by atoms with Gasteiger partial charge in [0.2, 0.25) is 11.9 Å². The Hall–Kier alpha value is -7.32. The Labute approximate surface area is 352 Å². The molecule has 0 aliphatic heterocycles. The van der Waals surface area contributed by atoms with Gasteiger partial charge in [0.05, 0.1) is 11.4 Å². The van der Waals surface area contributed by atoms with Crippen LogP contribution in [0.1, 0.15) is 68.4 Å². The molecule has 8 aromatic rings. The van der Waals surface area contributed by atoms with Crippen LogP contribution in [0.15, 0.2) is 194 Å². The van der Waals surface area contributed by atoms with Gasteiger partial charge in [0.15, 0.2) is 0 Å². The Balaban J connectivity index is 1.14. The third kappa shape index (κ3) is 9.19. The smallest absolute Gasteiger partial charge is 0.225 e. The highest BCUT2D eigenvalue weighted by Crippen LogP contribution is 2.66. The van der Waals surface area contributed by atoms with Gasteiger partial charge in [-0.2, -0.15) is 9.97 Å². The molecule has 8 heteroatoms. The van der Waals surface area contributed by atoms with Gasteiger partial charge in [-0.05, 0) is 33.4 Å². The van der Waals surface area contributed by atoms with Crippen LogP contribution in [-0.4, -0.2) is 19.9 Å². The van der Waals surface area contributed by atoms with Crippen LogP contribution in [0, 0.1) is 0 Å². The minimum absolute atomic E-state index is 0.00812. The molecule has 296 valence electrons. The molecule has 0 saturated heterocycles. The minimum Gasteiger partial charge on any atom is -0.366 e. The third-order valence-electron chi connectivity index (χ3n) is 11.3. The Morgan fingerprint density at radius 1 is 0.300 bits per heavy atom. The molecule has 60 heavy (non-hydrogen) atoms. The van der Waals surface area contributed by atoms with E-state index in [1.54, 1.807) is 0 Å². The predicted molar refractivity (Wildman–Crippen MR) is 243 cm³/mol. The van der Waals surface area contributed by atoms with Gasteiger partial charge in [0.1, 0.15) is 11.6 Å². The number of nitrogens with zero attached hydrogens (tertiary/aromatic N) is 4. The van der Waals surface area contributed by atoms with E-state index < -0.39 is 0 Å². The maximum atomic E-state index is 5.35. The first-order valence-electron chi connectivity index (χ1n) is 20.7. The monoisotopic (exact) mass is 784 g/mol. The zero-order chi connectivity index (χ0) is 40.4. The van der Waals surface area contributed by atoms with Crippen molar-refractivity contribution in [3.63, 3.8) is 0 Å². The van der Waals surface area contributed by atoms with Crippen LogP contribution in [0.25, 0.3) is 0 Å². The molecule has 2 aromatic heterocycles. The second kappa shape index (κ2) is 18.5. The topological polar surface area (TPSA) is 99.7 Å². The standard InChI is InChI=1S/C52H48N8/c1-7-19-37(20-8-1)33-53-45-31-43(57-51(59-45)55-35-39-23-11-3-12-24-39)49-47(41-27-15-5-16-28-41)50(48(49)42-29-17-6-18-30-42)44-32-46(54-34-38-21-9-2-10-22-38)60-52(58-44)56-36-40-25-13-4-14-26-40/h1-32,47-50H,33-36H2,(H2,53,55,57,59)(H2,54,56,58,60). The van der Waals surface area contributed by atoms with E-state index >= 15 is 0 Å². The third-order valence-corrected chi connectivity index (χ3v) is 11.3. The summed E-state index contributed by atoms with van der Waals surface area (Å²) in [6.45, 7) is 2.51. The van der Waals surface area contributed by atoms with Crippen LogP contribution >= 0.6 is 0 Å².